The van der Waals surface area contributed by atoms with Crippen LogP contribution in [0.2, 0.25) is 0 Å². The Morgan fingerprint density at radius 2 is 1.85 bits per heavy atom. The number of hydrogen-bond acceptors (Lipinski definition) is 3. The Morgan fingerprint density at radius 3 is 2.56 bits per heavy atom. The van der Waals surface area contributed by atoms with E-state index in [-0.39, 0.29) is 24.8 Å². The standard InChI is InChI=1S/C23H25NO3/c1-17-8-11-20(12-9-17)14-18(2)10-13-22-24(16-23(26)27-22)21(25)15-19-6-4-3-5-7-19/h3-9,11-12,14,22H,10,13,15-16H2,1-2H3. The van der Waals surface area contributed by atoms with Crippen molar-refractivity contribution in [3.63, 3.8) is 0 Å². The molecule has 27 heavy (non-hydrogen) atoms. The maximum absolute atomic E-state index is 12.6. The van der Waals surface area contributed by atoms with Gasteiger partial charge in [0.05, 0.1) is 6.42 Å². The summed E-state index contributed by atoms with van der Waals surface area (Å²) in [6.07, 6.45) is 3.31. The van der Waals surface area contributed by atoms with E-state index in [1.807, 2.05) is 30.3 Å². The number of rotatable bonds is 6. The third kappa shape index (κ3) is 5.30. The summed E-state index contributed by atoms with van der Waals surface area (Å²) in [5.41, 5.74) is 4.52. The zero-order valence-electron chi connectivity index (χ0n) is 15.9. The van der Waals surface area contributed by atoms with E-state index in [4.69, 9.17) is 4.74 Å². The van der Waals surface area contributed by atoms with Crippen molar-refractivity contribution < 1.29 is 14.3 Å². The van der Waals surface area contributed by atoms with Crippen molar-refractivity contribution in [2.45, 2.75) is 39.3 Å². The van der Waals surface area contributed by atoms with Gasteiger partial charge in [-0.15, -0.1) is 0 Å². The van der Waals surface area contributed by atoms with Crippen LogP contribution in [0.5, 0.6) is 0 Å². The lowest BCUT2D eigenvalue weighted by molar-refractivity contribution is -0.143. The molecule has 0 N–H and O–H groups in total. The molecule has 0 aliphatic carbocycles. The number of nitrogens with zero attached hydrogens (tertiary/aromatic N) is 1. The first kappa shape index (κ1) is 18.9. The fraction of sp³-hybridized carbons (Fsp3) is 0.304. The van der Waals surface area contributed by atoms with E-state index in [1.54, 1.807) is 4.90 Å². The Kier molecular flexibility index (Phi) is 6.07. The van der Waals surface area contributed by atoms with Gasteiger partial charge in [0.25, 0.3) is 0 Å². The predicted octanol–water partition coefficient (Wildman–Crippen LogP) is 4.13. The number of amides is 1. The highest BCUT2D eigenvalue weighted by molar-refractivity contribution is 5.86. The van der Waals surface area contributed by atoms with Gasteiger partial charge in [-0.3, -0.25) is 14.5 Å². The predicted molar refractivity (Wildman–Crippen MR) is 106 cm³/mol. The topological polar surface area (TPSA) is 46.6 Å². The largest absolute Gasteiger partial charge is 0.440 e. The Hall–Kier alpha value is -2.88. The van der Waals surface area contributed by atoms with Crippen molar-refractivity contribution in [3.05, 3.63) is 76.9 Å². The van der Waals surface area contributed by atoms with Crippen LogP contribution in [0.4, 0.5) is 0 Å². The van der Waals surface area contributed by atoms with Gasteiger partial charge in [0.15, 0.2) is 6.23 Å². The first-order chi connectivity index (χ1) is 13.0. The molecule has 2 aromatic carbocycles. The van der Waals surface area contributed by atoms with Gasteiger partial charge in [-0.2, -0.15) is 0 Å². The molecule has 1 amide bonds. The Balaban J connectivity index is 1.59. The second-order valence-electron chi connectivity index (χ2n) is 7.07. The third-order valence-corrected chi connectivity index (χ3v) is 4.71. The molecule has 0 saturated carbocycles. The Bertz CT molecular complexity index is 824. The fourth-order valence-electron chi connectivity index (χ4n) is 3.20. The number of carbonyl (C=O) groups excluding carboxylic acids is 2. The molecule has 1 atom stereocenters. The van der Waals surface area contributed by atoms with Gasteiger partial charge in [-0.25, -0.2) is 0 Å². The molecule has 1 saturated heterocycles. The molecule has 0 bridgehead atoms. The summed E-state index contributed by atoms with van der Waals surface area (Å²) in [5.74, 6) is -0.404. The van der Waals surface area contributed by atoms with E-state index in [2.05, 4.69) is 44.2 Å². The average molecular weight is 363 g/mol. The van der Waals surface area contributed by atoms with Crippen LogP contribution >= 0.6 is 0 Å². The monoisotopic (exact) mass is 363 g/mol. The second kappa shape index (κ2) is 8.67. The lowest BCUT2D eigenvalue weighted by Crippen LogP contribution is -2.37. The van der Waals surface area contributed by atoms with Crippen molar-refractivity contribution in [3.8, 4) is 0 Å². The van der Waals surface area contributed by atoms with Crippen LogP contribution in [0, 0.1) is 6.92 Å². The van der Waals surface area contributed by atoms with Gasteiger partial charge in [-0.05, 0) is 31.4 Å². The van der Waals surface area contributed by atoms with Crippen LogP contribution in [0.15, 0.2) is 60.2 Å². The van der Waals surface area contributed by atoms with Gasteiger partial charge in [0, 0.05) is 6.42 Å². The number of allylic oxidation sites excluding steroid dienone is 1. The van der Waals surface area contributed by atoms with Crippen molar-refractivity contribution in [2.24, 2.45) is 0 Å². The molecule has 4 heteroatoms. The average Bonchev–Trinajstić information content (AvgIpc) is 3.04. The number of ether oxygens (including phenoxy) is 1. The van der Waals surface area contributed by atoms with Crippen LogP contribution in [-0.4, -0.2) is 29.5 Å². The first-order valence-electron chi connectivity index (χ1n) is 9.28. The summed E-state index contributed by atoms with van der Waals surface area (Å²) in [7, 11) is 0. The van der Waals surface area contributed by atoms with Crippen LogP contribution in [0.1, 0.15) is 36.5 Å². The van der Waals surface area contributed by atoms with E-state index >= 15 is 0 Å². The minimum Gasteiger partial charge on any atom is -0.440 e. The van der Waals surface area contributed by atoms with E-state index in [9.17, 15) is 9.59 Å². The van der Waals surface area contributed by atoms with E-state index in [0.717, 1.165) is 17.5 Å². The SMILES string of the molecule is CC(=Cc1ccc(C)cc1)CCC1OC(=O)CN1C(=O)Cc1ccccc1. The maximum atomic E-state index is 12.6. The highest BCUT2D eigenvalue weighted by Gasteiger charge is 2.35. The highest BCUT2D eigenvalue weighted by atomic mass is 16.6. The molecule has 0 aromatic heterocycles. The summed E-state index contributed by atoms with van der Waals surface area (Å²) >= 11 is 0. The molecule has 1 heterocycles. The van der Waals surface area contributed by atoms with Gasteiger partial charge >= 0.3 is 5.97 Å². The van der Waals surface area contributed by atoms with Gasteiger partial charge < -0.3 is 4.74 Å². The smallest absolute Gasteiger partial charge is 0.327 e. The van der Waals surface area contributed by atoms with Crippen molar-refractivity contribution in [1.29, 1.82) is 0 Å². The first-order valence-corrected chi connectivity index (χ1v) is 9.28. The fourth-order valence-corrected chi connectivity index (χ4v) is 3.20. The second-order valence-corrected chi connectivity index (χ2v) is 7.07. The molecule has 140 valence electrons. The molecule has 1 unspecified atom stereocenters. The zero-order chi connectivity index (χ0) is 19.2. The van der Waals surface area contributed by atoms with Crippen LogP contribution in [0.3, 0.4) is 0 Å². The molecule has 2 aromatic rings. The molecule has 3 rings (SSSR count). The summed E-state index contributed by atoms with van der Waals surface area (Å²) in [6, 6.07) is 17.9. The third-order valence-electron chi connectivity index (χ3n) is 4.71. The van der Waals surface area contributed by atoms with Crippen molar-refractivity contribution >= 4 is 18.0 Å². The van der Waals surface area contributed by atoms with Crippen LogP contribution < -0.4 is 0 Å². The summed E-state index contributed by atoms with van der Waals surface area (Å²) in [4.78, 5) is 25.9. The number of hydrogen-bond donors (Lipinski definition) is 0. The van der Waals surface area contributed by atoms with Gasteiger partial charge in [-0.1, -0.05) is 71.8 Å². The summed E-state index contributed by atoms with van der Waals surface area (Å²) < 4.78 is 5.39. The summed E-state index contributed by atoms with van der Waals surface area (Å²) in [5, 5.41) is 0. The quantitative estimate of drug-likeness (QED) is 0.725. The number of cyclic esters (lactones) is 1. The normalized spacial score (nSPS) is 17.1. The van der Waals surface area contributed by atoms with Gasteiger partial charge in [0.2, 0.25) is 5.91 Å². The molecule has 1 fully saturated rings. The van der Waals surface area contributed by atoms with Crippen molar-refractivity contribution in [1.82, 2.24) is 4.90 Å². The Labute approximate surface area is 160 Å². The number of aryl methyl sites for hydroxylation is 1. The molecule has 0 radical (unpaired) electrons. The molecule has 1 aliphatic heterocycles. The summed E-state index contributed by atoms with van der Waals surface area (Å²) in [6.45, 7) is 4.17. The number of benzene rings is 2. The number of carbonyl (C=O) groups is 2. The van der Waals surface area contributed by atoms with E-state index in [1.165, 1.54) is 11.1 Å². The minimum absolute atomic E-state index is 0.0387. The lowest BCUT2D eigenvalue weighted by Gasteiger charge is -2.22. The minimum atomic E-state index is -0.477. The van der Waals surface area contributed by atoms with Gasteiger partial charge in [0.1, 0.15) is 6.54 Å². The van der Waals surface area contributed by atoms with Crippen LogP contribution in [0.25, 0.3) is 6.08 Å². The molecule has 1 aliphatic rings. The highest BCUT2D eigenvalue weighted by Crippen LogP contribution is 2.21. The lowest BCUT2D eigenvalue weighted by atomic mass is 10.1. The van der Waals surface area contributed by atoms with Crippen LogP contribution in [-0.2, 0) is 20.7 Å². The van der Waals surface area contributed by atoms with E-state index < -0.39 is 6.23 Å². The van der Waals surface area contributed by atoms with Crippen molar-refractivity contribution in [2.75, 3.05) is 6.54 Å². The molecule has 4 nitrogen and oxygen atoms in total. The van der Waals surface area contributed by atoms with E-state index in [0.29, 0.717) is 6.42 Å². The zero-order valence-corrected chi connectivity index (χ0v) is 15.9. The molecule has 0 spiro atoms. The number of esters is 1. The maximum Gasteiger partial charge on any atom is 0.327 e. The Morgan fingerprint density at radius 1 is 1.15 bits per heavy atom. The molecular weight excluding hydrogens is 338 g/mol. The molecular formula is C23H25NO3.